The van der Waals surface area contributed by atoms with Crippen LogP contribution < -0.4 is 15.4 Å². The van der Waals surface area contributed by atoms with Crippen LogP contribution in [0.2, 0.25) is 0 Å². The van der Waals surface area contributed by atoms with Gasteiger partial charge in [-0.25, -0.2) is 0 Å². The molecule has 0 bridgehead atoms. The van der Waals surface area contributed by atoms with Crippen molar-refractivity contribution in [3.63, 3.8) is 0 Å². The van der Waals surface area contributed by atoms with Gasteiger partial charge in [0, 0.05) is 5.92 Å². The average molecular weight is 339 g/mol. The summed E-state index contributed by atoms with van der Waals surface area (Å²) in [5, 5.41) is 6.56. The molecule has 1 amide bonds. The number of rotatable bonds is 5. The van der Waals surface area contributed by atoms with E-state index in [1.54, 1.807) is 0 Å². The number of ether oxygens (including phenoxy) is 1. The van der Waals surface area contributed by atoms with Crippen LogP contribution in [-0.2, 0) is 4.79 Å². The zero-order chi connectivity index (χ0) is 15.6. The third kappa shape index (κ3) is 3.99. The molecule has 1 saturated heterocycles. The van der Waals surface area contributed by atoms with Gasteiger partial charge in [-0.15, -0.1) is 12.4 Å². The largest absolute Gasteiger partial charge is 0.494 e. The second-order valence-electron chi connectivity index (χ2n) is 6.60. The van der Waals surface area contributed by atoms with Gasteiger partial charge in [0.15, 0.2) is 0 Å². The van der Waals surface area contributed by atoms with Crippen LogP contribution in [0.3, 0.4) is 0 Å². The molecule has 1 aromatic carbocycles. The van der Waals surface area contributed by atoms with Crippen LogP contribution in [0.5, 0.6) is 5.75 Å². The summed E-state index contributed by atoms with van der Waals surface area (Å²) in [6.45, 7) is 6.78. The summed E-state index contributed by atoms with van der Waals surface area (Å²) in [4.78, 5) is 12.5. The van der Waals surface area contributed by atoms with Gasteiger partial charge in [-0.1, -0.05) is 12.1 Å². The minimum atomic E-state index is 0. The van der Waals surface area contributed by atoms with Gasteiger partial charge in [0.1, 0.15) is 5.75 Å². The number of piperidine rings is 1. The smallest absolute Gasteiger partial charge is 0.224 e. The number of hydrogen-bond donors (Lipinski definition) is 2. The van der Waals surface area contributed by atoms with E-state index in [2.05, 4.69) is 10.6 Å². The molecule has 3 rings (SSSR count). The fourth-order valence-corrected chi connectivity index (χ4v) is 3.63. The molecule has 2 atom stereocenters. The van der Waals surface area contributed by atoms with E-state index >= 15 is 0 Å². The first-order valence-corrected chi connectivity index (χ1v) is 8.38. The Kier molecular flexibility index (Phi) is 5.93. The number of amides is 1. The Morgan fingerprint density at radius 1 is 1.43 bits per heavy atom. The van der Waals surface area contributed by atoms with Crippen LogP contribution in [-0.4, -0.2) is 25.6 Å². The van der Waals surface area contributed by atoms with Crippen molar-refractivity contribution < 1.29 is 9.53 Å². The first-order valence-electron chi connectivity index (χ1n) is 8.38. The highest BCUT2D eigenvalue weighted by Gasteiger charge is 2.57. The van der Waals surface area contributed by atoms with E-state index in [1.807, 2.05) is 38.1 Å². The Morgan fingerprint density at radius 3 is 2.87 bits per heavy atom. The van der Waals surface area contributed by atoms with Crippen molar-refractivity contribution in [1.82, 2.24) is 10.6 Å². The molecule has 128 valence electrons. The fraction of sp³-hybridized carbons (Fsp3) is 0.611. The Morgan fingerprint density at radius 2 is 2.17 bits per heavy atom. The molecular weight excluding hydrogens is 312 g/mol. The third-order valence-electron chi connectivity index (χ3n) is 5.13. The molecule has 4 nitrogen and oxygen atoms in total. The van der Waals surface area contributed by atoms with Gasteiger partial charge < -0.3 is 15.4 Å². The molecule has 2 unspecified atom stereocenters. The number of halogens is 1. The summed E-state index contributed by atoms with van der Waals surface area (Å²) in [6.07, 6.45) is 3.34. The number of nitrogens with one attached hydrogen (secondary N) is 2. The average Bonchev–Trinajstić information content (AvgIpc) is 3.22. The first kappa shape index (κ1) is 18.1. The Balaban J connectivity index is 0.00000192. The van der Waals surface area contributed by atoms with E-state index in [0.717, 1.165) is 43.7 Å². The van der Waals surface area contributed by atoms with Crippen molar-refractivity contribution in [3.05, 3.63) is 29.8 Å². The summed E-state index contributed by atoms with van der Waals surface area (Å²) < 4.78 is 5.53. The predicted octanol–water partition coefficient (Wildman–Crippen LogP) is 3.07. The highest BCUT2D eigenvalue weighted by molar-refractivity contribution is 5.85. The van der Waals surface area contributed by atoms with Gasteiger partial charge in [-0.2, -0.15) is 0 Å². The molecule has 23 heavy (non-hydrogen) atoms. The van der Waals surface area contributed by atoms with Crippen LogP contribution >= 0.6 is 12.4 Å². The second-order valence-corrected chi connectivity index (χ2v) is 6.60. The summed E-state index contributed by atoms with van der Waals surface area (Å²) in [5.74, 6) is 1.30. The minimum Gasteiger partial charge on any atom is -0.494 e. The lowest BCUT2D eigenvalue weighted by molar-refractivity contribution is -0.123. The third-order valence-corrected chi connectivity index (χ3v) is 5.13. The van der Waals surface area contributed by atoms with Gasteiger partial charge in [0.2, 0.25) is 5.91 Å². The van der Waals surface area contributed by atoms with Crippen LogP contribution in [0.15, 0.2) is 24.3 Å². The molecule has 1 saturated carbocycles. The number of hydrogen-bond acceptors (Lipinski definition) is 3. The maximum absolute atomic E-state index is 12.5. The zero-order valence-electron chi connectivity index (χ0n) is 13.9. The minimum absolute atomic E-state index is 0. The van der Waals surface area contributed by atoms with Gasteiger partial charge in [-0.3, -0.25) is 4.79 Å². The summed E-state index contributed by atoms with van der Waals surface area (Å²) in [6, 6.07) is 8.01. The lowest BCUT2D eigenvalue weighted by Crippen LogP contribution is -2.34. The van der Waals surface area contributed by atoms with Gasteiger partial charge >= 0.3 is 0 Å². The van der Waals surface area contributed by atoms with Gasteiger partial charge in [0.05, 0.1) is 12.6 Å². The van der Waals surface area contributed by atoms with Crippen molar-refractivity contribution >= 4 is 18.3 Å². The SMILES string of the molecule is CCOc1cccc(C(C)NC(=O)C2CC23CCNCC3)c1.Cl. The van der Waals surface area contributed by atoms with E-state index < -0.39 is 0 Å². The molecule has 2 aliphatic rings. The Hall–Kier alpha value is -1.26. The fourth-order valence-electron chi connectivity index (χ4n) is 3.63. The predicted molar refractivity (Wildman–Crippen MR) is 94.1 cm³/mol. The highest BCUT2D eigenvalue weighted by atomic mass is 35.5. The van der Waals surface area contributed by atoms with Crippen molar-refractivity contribution in [1.29, 1.82) is 0 Å². The maximum Gasteiger partial charge on any atom is 0.224 e. The number of carbonyl (C=O) groups excluding carboxylic acids is 1. The zero-order valence-corrected chi connectivity index (χ0v) is 14.7. The summed E-state index contributed by atoms with van der Waals surface area (Å²) in [7, 11) is 0. The Labute approximate surface area is 144 Å². The molecule has 1 aliphatic heterocycles. The Bertz CT molecular complexity index is 544. The first-order chi connectivity index (χ1) is 10.6. The standard InChI is InChI=1S/C18H26N2O2.ClH/c1-3-22-15-6-4-5-14(11-15)13(2)20-17(21)16-12-18(16)7-9-19-10-8-18;/h4-6,11,13,16,19H,3,7-10,12H2,1-2H3,(H,20,21);1H. The second kappa shape index (κ2) is 7.54. The van der Waals surface area contributed by atoms with Crippen molar-refractivity contribution in [3.8, 4) is 5.75 Å². The van der Waals surface area contributed by atoms with E-state index in [-0.39, 0.29) is 30.3 Å². The number of carbonyl (C=O) groups is 1. The van der Waals surface area contributed by atoms with Gasteiger partial charge in [-0.05, 0) is 69.3 Å². The monoisotopic (exact) mass is 338 g/mol. The lowest BCUT2D eigenvalue weighted by Gasteiger charge is -2.24. The molecule has 0 aromatic heterocycles. The van der Waals surface area contributed by atoms with Crippen LogP contribution in [0, 0.1) is 11.3 Å². The highest BCUT2D eigenvalue weighted by Crippen LogP contribution is 2.58. The molecule has 2 fully saturated rings. The molecule has 0 radical (unpaired) electrons. The molecule has 1 spiro atoms. The van der Waals surface area contributed by atoms with E-state index in [4.69, 9.17) is 4.74 Å². The van der Waals surface area contributed by atoms with E-state index in [1.165, 1.54) is 0 Å². The molecule has 2 N–H and O–H groups in total. The number of benzene rings is 1. The summed E-state index contributed by atoms with van der Waals surface area (Å²) >= 11 is 0. The molecule has 1 aliphatic carbocycles. The van der Waals surface area contributed by atoms with E-state index in [0.29, 0.717) is 12.0 Å². The summed E-state index contributed by atoms with van der Waals surface area (Å²) in [5.41, 5.74) is 1.39. The van der Waals surface area contributed by atoms with E-state index in [9.17, 15) is 4.79 Å². The van der Waals surface area contributed by atoms with Crippen LogP contribution in [0.4, 0.5) is 0 Å². The van der Waals surface area contributed by atoms with Gasteiger partial charge in [0.25, 0.3) is 0 Å². The molecule has 1 aromatic rings. The lowest BCUT2D eigenvalue weighted by atomic mass is 9.91. The van der Waals surface area contributed by atoms with Crippen molar-refractivity contribution in [2.45, 2.75) is 39.2 Å². The topological polar surface area (TPSA) is 50.4 Å². The van der Waals surface area contributed by atoms with Crippen LogP contribution in [0.25, 0.3) is 0 Å². The maximum atomic E-state index is 12.5. The molecular formula is C18H27ClN2O2. The quantitative estimate of drug-likeness (QED) is 0.867. The van der Waals surface area contributed by atoms with Crippen LogP contribution in [0.1, 0.15) is 44.7 Å². The molecule has 1 heterocycles. The normalized spacial score (nSPS) is 22.8. The van der Waals surface area contributed by atoms with Crippen molar-refractivity contribution in [2.75, 3.05) is 19.7 Å². The van der Waals surface area contributed by atoms with Crippen molar-refractivity contribution in [2.24, 2.45) is 11.3 Å². The molecule has 5 heteroatoms.